The van der Waals surface area contributed by atoms with E-state index in [9.17, 15) is 40.6 Å². The van der Waals surface area contributed by atoms with Crippen LogP contribution in [-0.4, -0.2) is 97.1 Å². The molecule has 0 bridgehead atoms. The number of carboxylic acids is 1. The molecule has 0 fully saturated rings. The number of hydrogen-bond acceptors (Lipinski definition) is 9. The number of carboxylic acid groups (broad SMARTS) is 1. The number of carbonyl (C=O) groups is 2. The van der Waals surface area contributed by atoms with Gasteiger partial charge in [-0.15, -0.1) is 0 Å². The zero-order valence-corrected chi connectivity index (χ0v) is 35.3. The number of nitrogens with zero attached hydrogens (tertiary/aromatic N) is 3. The van der Waals surface area contributed by atoms with E-state index in [1.165, 1.54) is 12.1 Å². The van der Waals surface area contributed by atoms with Crippen LogP contribution in [0, 0.1) is 23.3 Å². The van der Waals surface area contributed by atoms with Crippen LogP contribution in [0.3, 0.4) is 0 Å². The first-order valence-electron chi connectivity index (χ1n) is 19.5. The van der Waals surface area contributed by atoms with E-state index in [1.807, 2.05) is 37.2 Å². The van der Waals surface area contributed by atoms with Crippen LogP contribution in [0.1, 0.15) is 90.7 Å². The van der Waals surface area contributed by atoms with Crippen LogP contribution in [-0.2, 0) is 37.9 Å². The number of ether oxygens (including phenoxy) is 1. The summed E-state index contributed by atoms with van der Waals surface area (Å²) in [4.78, 5) is 28.4. The van der Waals surface area contributed by atoms with Gasteiger partial charge in [-0.05, 0) is 62.5 Å². The third-order valence-electron chi connectivity index (χ3n) is 12.1. The summed E-state index contributed by atoms with van der Waals surface area (Å²) in [5.74, 6) is -13.1. The number of fused-ring (bicyclic) bond motifs is 4. The Bertz CT molecular complexity index is 2980. The van der Waals surface area contributed by atoms with Crippen molar-refractivity contribution in [3.05, 3.63) is 97.1 Å². The third-order valence-corrected chi connectivity index (χ3v) is 13.5. The maximum Gasteiger partial charge on any atom is 0.305 e. The number of carbonyl (C=O) groups excluding carboxylic acids is 1. The van der Waals surface area contributed by atoms with E-state index in [1.54, 1.807) is 12.2 Å². The molecule has 8 rings (SSSR count). The second-order valence-electron chi connectivity index (χ2n) is 17.2. The smallest absolute Gasteiger partial charge is 0.305 e. The summed E-state index contributed by atoms with van der Waals surface area (Å²) in [7, 11) is -8.54. The summed E-state index contributed by atoms with van der Waals surface area (Å²) in [6.45, 7) is 7.80. The summed E-state index contributed by atoms with van der Waals surface area (Å²) >= 11 is 0. The van der Waals surface area contributed by atoms with Gasteiger partial charge in [-0.2, -0.15) is 8.42 Å². The van der Waals surface area contributed by atoms with E-state index in [4.69, 9.17) is 4.74 Å². The van der Waals surface area contributed by atoms with E-state index in [0.29, 0.717) is 59.4 Å². The Morgan fingerprint density at radius 3 is 2.20 bits per heavy atom. The highest BCUT2D eigenvalue weighted by atomic mass is 32.2. The number of hydrogen-bond donors (Lipinski definition) is 2. The molecule has 61 heavy (non-hydrogen) atoms. The average molecular weight is 888 g/mol. The number of aliphatic carboxylic acids is 1. The minimum atomic E-state index is -4.93. The van der Waals surface area contributed by atoms with Crippen LogP contribution in [0.4, 0.5) is 23.2 Å². The zero-order chi connectivity index (χ0) is 44.5. The van der Waals surface area contributed by atoms with Gasteiger partial charge in [0.05, 0.1) is 50.2 Å². The monoisotopic (exact) mass is 887 g/mol. The molecule has 1 amide bonds. The lowest BCUT2D eigenvalue weighted by molar-refractivity contribution is -0.137. The SMILES string of the molecule is CN(CCC(=O)O)C(=O)c1c(F)c(F)c(F)c(F)c1C1=c2cc3c4c(c2Oc2c1cc1c5c2CCCN5C(C)(C)C=C1CS(=O)(=O)[O-])CCC[N+]=4C(C)(C)C=C3CS(=O)(=O)O. The van der Waals surface area contributed by atoms with Crippen LogP contribution in [0.25, 0.3) is 16.7 Å². The second-order valence-corrected chi connectivity index (χ2v) is 20.1. The predicted octanol–water partition coefficient (Wildman–Crippen LogP) is 4.12. The molecule has 324 valence electrons. The van der Waals surface area contributed by atoms with Gasteiger partial charge in [0.25, 0.3) is 16.0 Å². The maximum atomic E-state index is 17.0. The van der Waals surface area contributed by atoms with E-state index in [0.717, 1.165) is 7.05 Å². The van der Waals surface area contributed by atoms with Gasteiger partial charge in [-0.25, -0.2) is 30.6 Å². The molecule has 5 heterocycles. The standard InChI is InChI=1S/C42H41F4N3O10S2/c1-41(2)16-20(18-60(53,54)55)24-14-26-29(30-31(33(44)35(46)34(45)32(30)43)40(52)47(5)13-10-28(50)51)27-15-25-21(19-61(56,57)58)17-42(3,4)49-12-7-9-23(37(25)49)39(27)59-38(26)22-8-6-11-48(41)36(22)24/h14-17H,6-13,18-19H2,1-5H3,(H2-,50,51,53,54,55,56,57,58). The van der Waals surface area contributed by atoms with Crippen molar-refractivity contribution in [3.8, 4) is 11.5 Å². The fraction of sp³-hybridized carbons (Fsp3) is 0.405. The summed E-state index contributed by atoms with van der Waals surface area (Å²) in [5, 5.41) is 9.76. The molecule has 5 aliphatic heterocycles. The van der Waals surface area contributed by atoms with Gasteiger partial charge in [-0.3, -0.25) is 14.1 Å². The van der Waals surface area contributed by atoms with Gasteiger partial charge in [0, 0.05) is 73.5 Å². The molecule has 0 aromatic heterocycles. The number of benzene rings is 3. The molecule has 5 aliphatic rings. The van der Waals surface area contributed by atoms with Crippen molar-refractivity contribution < 1.29 is 62.9 Å². The molecule has 0 saturated carbocycles. The largest absolute Gasteiger partial charge is 0.748 e. The van der Waals surface area contributed by atoms with Gasteiger partial charge in [-0.1, -0.05) is 6.08 Å². The molecule has 13 nitrogen and oxygen atoms in total. The Balaban J connectivity index is 1.59. The van der Waals surface area contributed by atoms with Crippen LogP contribution in [0.5, 0.6) is 11.5 Å². The van der Waals surface area contributed by atoms with Crippen molar-refractivity contribution in [2.24, 2.45) is 0 Å². The first-order valence-corrected chi connectivity index (χ1v) is 22.7. The van der Waals surface area contributed by atoms with E-state index < -0.39 is 108 Å². The van der Waals surface area contributed by atoms with Crippen LogP contribution in [0.2, 0.25) is 0 Å². The van der Waals surface area contributed by atoms with Gasteiger partial charge >= 0.3 is 5.97 Å². The van der Waals surface area contributed by atoms with Crippen molar-refractivity contribution in [2.75, 3.05) is 43.1 Å². The number of amides is 1. The predicted molar refractivity (Wildman–Crippen MR) is 214 cm³/mol. The fourth-order valence-corrected chi connectivity index (χ4v) is 11.0. The Morgan fingerprint density at radius 1 is 0.885 bits per heavy atom. The number of halogens is 4. The molecular formula is C42H41F4N3O10S2. The van der Waals surface area contributed by atoms with Crippen LogP contribution >= 0.6 is 0 Å². The third kappa shape index (κ3) is 7.02. The van der Waals surface area contributed by atoms with Gasteiger partial charge in [0.2, 0.25) is 5.36 Å². The Kier molecular flexibility index (Phi) is 9.92. The molecular weight excluding hydrogens is 847 g/mol. The summed E-state index contributed by atoms with van der Waals surface area (Å²) in [5.41, 5.74) is -2.42. The molecule has 3 aromatic rings. The van der Waals surface area contributed by atoms with Gasteiger partial charge < -0.3 is 24.2 Å². The number of rotatable bonds is 9. The molecule has 0 saturated heterocycles. The highest BCUT2D eigenvalue weighted by molar-refractivity contribution is 7.86. The van der Waals surface area contributed by atoms with Crippen molar-refractivity contribution in [3.63, 3.8) is 0 Å². The van der Waals surface area contributed by atoms with Crippen LogP contribution in [0.15, 0.2) is 24.3 Å². The first-order chi connectivity index (χ1) is 28.3. The normalized spacial score (nSPS) is 18.2. The van der Waals surface area contributed by atoms with E-state index in [2.05, 4.69) is 0 Å². The highest BCUT2D eigenvalue weighted by Gasteiger charge is 2.45. The van der Waals surface area contributed by atoms with Crippen molar-refractivity contribution in [1.29, 1.82) is 0 Å². The number of anilines is 1. The van der Waals surface area contributed by atoms with Gasteiger partial charge in [0.15, 0.2) is 28.8 Å². The quantitative estimate of drug-likeness (QED) is 0.0811. The average Bonchev–Trinajstić information content (AvgIpc) is 3.15. The van der Waals surface area contributed by atoms with E-state index in [-0.39, 0.29) is 51.0 Å². The maximum absolute atomic E-state index is 17.0. The molecule has 2 N–H and O–H groups in total. The Morgan fingerprint density at radius 2 is 1.54 bits per heavy atom. The minimum absolute atomic E-state index is 0.0623. The topological polar surface area (TPSA) is 185 Å². The van der Waals surface area contributed by atoms with Crippen LogP contribution < -0.4 is 24.8 Å². The molecule has 0 aliphatic carbocycles. The molecule has 3 aromatic carbocycles. The second kappa shape index (κ2) is 14.2. The summed E-state index contributed by atoms with van der Waals surface area (Å²) < 4.78 is 146. The highest BCUT2D eigenvalue weighted by Crippen LogP contribution is 2.53. The lowest BCUT2D eigenvalue weighted by Crippen LogP contribution is -2.53. The summed E-state index contributed by atoms with van der Waals surface area (Å²) in [6.07, 6.45) is 4.24. The molecule has 0 unspecified atom stereocenters. The Labute approximate surface area is 348 Å². The van der Waals surface area contributed by atoms with Crippen molar-refractivity contribution >= 4 is 54.5 Å². The molecule has 0 spiro atoms. The zero-order valence-electron chi connectivity index (χ0n) is 33.7. The summed E-state index contributed by atoms with van der Waals surface area (Å²) in [6, 6.07) is 2.78. The van der Waals surface area contributed by atoms with Crippen molar-refractivity contribution in [1.82, 2.24) is 9.48 Å². The first kappa shape index (κ1) is 42.6. The Hall–Kier alpha value is -5.11. The van der Waals surface area contributed by atoms with Crippen molar-refractivity contribution in [2.45, 2.75) is 70.9 Å². The minimum Gasteiger partial charge on any atom is -0.748 e. The molecule has 19 heteroatoms. The lowest BCUT2D eigenvalue weighted by Gasteiger charge is -2.48. The van der Waals surface area contributed by atoms with Gasteiger partial charge in [0.1, 0.15) is 23.8 Å². The lowest BCUT2D eigenvalue weighted by atomic mass is 9.78. The molecule has 0 radical (unpaired) electrons. The molecule has 0 atom stereocenters. The fourth-order valence-electron chi connectivity index (χ4n) is 9.73. The van der Waals surface area contributed by atoms with E-state index >= 15 is 17.6 Å².